The highest BCUT2D eigenvalue weighted by Crippen LogP contribution is 2.26. The number of aryl methyl sites for hydroxylation is 1. The van der Waals surface area contributed by atoms with Crippen LogP contribution in [0.15, 0.2) is 18.2 Å². The second kappa shape index (κ2) is 7.63. The first-order valence-electron chi connectivity index (χ1n) is 7.78. The number of amides is 2. The number of aromatic nitrogens is 2. The number of carbonyl (C=O) groups excluding carboxylic acids is 2. The molecule has 142 valence electrons. The molecule has 2 rings (SSSR count). The lowest BCUT2D eigenvalue weighted by Crippen LogP contribution is -2.41. The van der Waals surface area contributed by atoms with Crippen molar-refractivity contribution in [2.75, 3.05) is 12.4 Å². The average Bonchev–Trinajstić information content (AvgIpc) is 2.87. The number of nitrogens with one attached hydrogen (secondary N) is 2. The van der Waals surface area contributed by atoms with Gasteiger partial charge in [0.2, 0.25) is 11.8 Å². The van der Waals surface area contributed by atoms with Crippen molar-refractivity contribution in [2.24, 2.45) is 7.05 Å². The van der Waals surface area contributed by atoms with Gasteiger partial charge in [0.1, 0.15) is 11.8 Å². The van der Waals surface area contributed by atoms with E-state index < -0.39 is 36.9 Å². The summed E-state index contributed by atoms with van der Waals surface area (Å²) in [4.78, 5) is 23.7. The van der Waals surface area contributed by atoms with Gasteiger partial charge in [0.05, 0.1) is 19.0 Å². The molecule has 0 saturated carbocycles. The Morgan fingerprint density at radius 2 is 2.04 bits per heavy atom. The van der Waals surface area contributed by atoms with Crippen LogP contribution in [0.1, 0.15) is 19.8 Å². The fourth-order valence-electron chi connectivity index (χ4n) is 2.32. The molecule has 0 aliphatic rings. The summed E-state index contributed by atoms with van der Waals surface area (Å²) in [6, 6.07) is 4.18. The molecule has 1 aromatic heterocycles. The topological polar surface area (TPSA) is 85.2 Å². The number of anilines is 1. The summed E-state index contributed by atoms with van der Waals surface area (Å²) < 4.78 is 43.1. The maximum Gasteiger partial charge on any atom is 0.389 e. The number of fused-ring (bicyclic) bond motifs is 1. The molecule has 0 bridgehead atoms. The minimum Gasteiger partial charge on any atom is -0.497 e. The van der Waals surface area contributed by atoms with Crippen LogP contribution in [0, 0.1) is 0 Å². The smallest absolute Gasteiger partial charge is 0.389 e. The molecule has 0 saturated heterocycles. The minimum absolute atomic E-state index is 0.284. The number of nitrogens with zero attached hydrogens (tertiary/aromatic N) is 2. The predicted octanol–water partition coefficient (Wildman–Crippen LogP) is 2.37. The van der Waals surface area contributed by atoms with Gasteiger partial charge in [-0.15, -0.1) is 0 Å². The molecule has 7 nitrogen and oxygen atoms in total. The molecule has 0 aliphatic carbocycles. The molecule has 0 aliphatic heterocycles. The van der Waals surface area contributed by atoms with Gasteiger partial charge in [0, 0.05) is 24.9 Å². The summed E-state index contributed by atoms with van der Waals surface area (Å²) >= 11 is 0. The van der Waals surface area contributed by atoms with Crippen molar-refractivity contribution < 1.29 is 27.5 Å². The number of carbonyl (C=O) groups is 2. The predicted molar refractivity (Wildman–Crippen MR) is 88.8 cm³/mol. The number of halogens is 3. The molecule has 2 amide bonds. The van der Waals surface area contributed by atoms with E-state index in [0.29, 0.717) is 11.1 Å². The first-order chi connectivity index (χ1) is 12.1. The quantitative estimate of drug-likeness (QED) is 0.815. The Bertz CT molecular complexity index is 817. The van der Waals surface area contributed by atoms with Crippen molar-refractivity contribution >= 4 is 28.5 Å². The summed E-state index contributed by atoms with van der Waals surface area (Å²) in [6.45, 7) is 1.38. The molecular weight excluding hydrogens is 353 g/mol. The second-order valence-corrected chi connectivity index (χ2v) is 5.75. The van der Waals surface area contributed by atoms with Gasteiger partial charge < -0.3 is 15.4 Å². The van der Waals surface area contributed by atoms with Gasteiger partial charge in [-0.1, -0.05) is 0 Å². The molecule has 2 aromatic rings. The third-order valence-corrected chi connectivity index (χ3v) is 3.71. The van der Waals surface area contributed by atoms with Crippen LogP contribution in [0.25, 0.3) is 10.9 Å². The van der Waals surface area contributed by atoms with Gasteiger partial charge in [-0.2, -0.15) is 18.3 Å². The van der Waals surface area contributed by atoms with Crippen molar-refractivity contribution in [1.82, 2.24) is 15.1 Å². The molecular formula is C16H19F3N4O3. The van der Waals surface area contributed by atoms with Gasteiger partial charge in [-0.05, 0) is 19.1 Å². The van der Waals surface area contributed by atoms with E-state index in [4.69, 9.17) is 4.74 Å². The second-order valence-electron chi connectivity index (χ2n) is 5.75. The molecule has 26 heavy (non-hydrogen) atoms. The first kappa shape index (κ1) is 19.5. The Labute approximate surface area is 147 Å². The zero-order chi connectivity index (χ0) is 19.5. The van der Waals surface area contributed by atoms with E-state index in [1.165, 1.54) is 14.0 Å². The summed E-state index contributed by atoms with van der Waals surface area (Å²) in [6.07, 6.45) is -6.38. The van der Waals surface area contributed by atoms with Crippen molar-refractivity contribution in [2.45, 2.75) is 32.0 Å². The monoisotopic (exact) mass is 372 g/mol. The largest absolute Gasteiger partial charge is 0.497 e. The van der Waals surface area contributed by atoms with Gasteiger partial charge in [-0.3, -0.25) is 14.3 Å². The van der Waals surface area contributed by atoms with Crippen LogP contribution >= 0.6 is 0 Å². The number of methoxy groups -OCH3 is 1. The highest BCUT2D eigenvalue weighted by Gasteiger charge is 2.28. The standard InChI is InChI=1S/C16H19F3N4O3/c1-9(20-13(24)6-7-16(17,18)19)15(25)21-14-11-5-4-10(26-3)8-12(11)23(2)22-14/h4-5,8-9H,6-7H2,1-3H3,(H,20,24)(H,21,22,25)/t9-/m0/s1. The Hall–Kier alpha value is -2.78. The van der Waals surface area contributed by atoms with Crippen LogP contribution in [-0.4, -0.2) is 40.9 Å². The number of hydrogen-bond donors (Lipinski definition) is 2. The van der Waals surface area contributed by atoms with E-state index in [1.54, 1.807) is 29.9 Å². The average molecular weight is 372 g/mol. The molecule has 1 heterocycles. The lowest BCUT2D eigenvalue weighted by Gasteiger charge is -2.14. The highest BCUT2D eigenvalue weighted by molar-refractivity contribution is 6.03. The minimum atomic E-state index is -4.42. The Morgan fingerprint density at radius 3 is 2.65 bits per heavy atom. The van der Waals surface area contributed by atoms with E-state index in [9.17, 15) is 22.8 Å². The summed E-state index contributed by atoms with van der Waals surface area (Å²) in [7, 11) is 3.23. The SMILES string of the molecule is COc1ccc2c(NC(=O)[C@H](C)NC(=O)CCC(F)(F)F)nn(C)c2c1. The zero-order valence-electron chi connectivity index (χ0n) is 14.5. The summed E-state index contributed by atoms with van der Waals surface area (Å²) in [5.41, 5.74) is 0.724. The van der Waals surface area contributed by atoms with E-state index in [2.05, 4.69) is 15.7 Å². The number of alkyl halides is 3. The zero-order valence-corrected chi connectivity index (χ0v) is 14.5. The fraction of sp³-hybridized carbons (Fsp3) is 0.438. The van der Waals surface area contributed by atoms with E-state index in [0.717, 1.165) is 5.52 Å². The van der Waals surface area contributed by atoms with Crippen LogP contribution in [0.5, 0.6) is 5.75 Å². The van der Waals surface area contributed by atoms with E-state index >= 15 is 0 Å². The maximum absolute atomic E-state index is 12.2. The van der Waals surface area contributed by atoms with E-state index in [-0.39, 0.29) is 5.82 Å². The molecule has 0 unspecified atom stereocenters. The van der Waals surface area contributed by atoms with Crippen molar-refractivity contribution in [3.63, 3.8) is 0 Å². The molecule has 0 radical (unpaired) electrons. The first-order valence-corrected chi connectivity index (χ1v) is 7.78. The highest BCUT2D eigenvalue weighted by atomic mass is 19.4. The van der Waals surface area contributed by atoms with Gasteiger partial charge in [0.25, 0.3) is 0 Å². The molecule has 10 heteroatoms. The third kappa shape index (κ3) is 4.87. The third-order valence-electron chi connectivity index (χ3n) is 3.71. The molecule has 1 atom stereocenters. The van der Waals surface area contributed by atoms with Gasteiger partial charge in [0.15, 0.2) is 5.82 Å². The van der Waals surface area contributed by atoms with Crippen LogP contribution < -0.4 is 15.4 Å². The van der Waals surface area contributed by atoms with Crippen molar-refractivity contribution in [3.8, 4) is 5.75 Å². The van der Waals surface area contributed by atoms with Crippen LogP contribution in [0.4, 0.5) is 19.0 Å². The molecule has 2 N–H and O–H groups in total. The fourth-order valence-corrected chi connectivity index (χ4v) is 2.32. The number of benzene rings is 1. The Kier molecular flexibility index (Phi) is 5.73. The van der Waals surface area contributed by atoms with Crippen LogP contribution in [-0.2, 0) is 16.6 Å². The summed E-state index contributed by atoms with van der Waals surface area (Å²) in [5.74, 6) is -0.517. The van der Waals surface area contributed by atoms with Crippen molar-refractivity contribution in [1.29, 1.82) is 0 Å². The Morgan fingerprint density at radius 1 is 1.35 bits per heavy atom. The maximum atomic E-state index is 12.2. The summed E-state index contributed by atoms with van der Waals surface area (Å²) in [5, 5.41) is 9.68. The molecule has 1 aromatic carbocycles. The molecule has 0 fully saturated rings. The number of rotatable bonds is 6. The number of hydrogen-bond acceptors (Lipinski definition) is 4. The lowest BCUT2D eigenvalue weighted by atomic mass is 10.2. The van der Waals surface area contributed by atoms with Crippen LogP contribution in [0.2, 0.25) is 0 Å². The van der Waals surface area contributed by atoms with E-state index in [1.807, 2.05) is 0 Å². The normalized spacial score (nSPS) is 12.7. The van der Waals surface area contributed by atoms with Crippen molar-refractivity contribution in [3.05, 3.63) is 18.2 Å². The lowest BCUT2D eigenvalue weighted by molar-refractivity contribution is -0.144. The van der Waals surface area contributed by atoms with Gasteiger partial charge >= 0.3 is 6.18 Å². The van der Waals surface area contributed by atoms with Crippen LogP contribution in [0.3, 0.4) is 0 Å². The number of ether oxygens (including phenoxy) is 1. The van der Waals surface area contributed by atoms with Gasteiger partial charge in [-0.25, -0.2) is 0 Å². The molecule has 0 spiro atoms. The Balaban J connectivity index is 2.03.